The van der Waals surface area contributed by atoms with E-state index in [0.29, 0.717) is 0 Å². The van der Waals surface area contributed by atoms with Crippen LogP contribution in [0.1, 0.15) is 243 Å². The maximum absolute atomic E-state index is 5.15. The number of nitrogens with zero attached hydrogens (tertiary/aromatic N) is 1. The smallest absolute Gasteiger partial charge is 0.0409 e. The quantitative estimate of drug-likeness (QED) is 0.0696. The van der Waals surface area contributed by atoms with Crippen LogP contribution < -0.4 is 0 Å². The van der Waals surface area contributed by atoms with Gasteiger partial charge in [-0.15, -0.1) is 0 Å². The number of hydrogen-bond donors (Lipinski definition) is 0. The number of rotatable bonds is 35. The van der Waals surface area contributed by atoms with E-state index in [2.05, 4.69) is 32.9 Å². The zero-order chi connectivity index (χ0) is 31.6. The Morgan fingerprint density at radius 3 is 0.818 bits per heavy atom. The largest absolute Gasteiger partial charge is 0.258 e. The van der Waals surface area contributed by atoms with Gasteiger partial charge in [-0.1, -0.05) is 207 Å². The molecule has 1 aromatic rings. The third-order valence-corrected chi connectivity index (χ3v) is 9.88. The van der Waals surface area contributed by atoms with Crippen LogP contribution in [-0.2, 0) is 19.3 Å². The summed E-state index contributed by atoms with van der Waals surface area (Å²) in [4.78, 5) is 5.15. The first-order chi connectivity index (χ1) is 21.8. The molecule has 0 radical (unpaired) electrons. The fourth-order valence-corrected chi connectivity index (χ4v) is 6.85. The van der Waals surface area contributed by atoms with Gasteiger partial charge in [-0.3, -0.25) is 4.98 Å². The molecule has 0 aliphatic heterocycles. The van der Waals surface area contributed by atoms with E-state index in [9.17, 15) is 0 Å². The molecule has 0 bridgehead atoms. The second-order valence-electron chi connectivity index (χ2n) is 14.5. The zero-order valence-corrected chi connectivity index (χ0v) is 30.9. The summed E-state index contributed by atoms with van der Waals surface area (Å²) >= 11 is 0. The molecule has 0 atom stereocenters. The summed E-state index contributed by atoms with van der Waals surface area (Å²) in [6, 6.07) is 4.88. The Morgan fingerprint density at radius 1 is 0.295 bits per heavy atom. The Balaban J connectivity index is 2.09. The summed E-state index contributed by atoms with van der Waals surface area (Å²) in [7, 11) is 0. The fraction of sp³-hybridized carbons (Fsp3) is 0.884. The molecule has 0 aliphatic rings. The van der Waals surface area contributed by atoms with Gasteiger partial charge in [-0.2, -0.15) is 0 Å². The molecule has 0 saturated heterocycles. The summed E-state index contributed by atoms with van der Waals surface area (Å²) in [5, 5.41) is 0. The van der Waals surface area contributed by atoms with E-state index >= 15 is 0 Å². The molecular weight excluding hydrogens is 530 g/mol. The molecular formula is C43H81N. The predicted octanol–water partition coefficient (Wildman–Crippen LogP) is 15.3. The lowest BCUT2D eigenvalue weighted by Crippen LogP contribution is -2.00. The van der Waals surface area contributed by atoms with Crippen LogP contribution in [0.25, 0.3) is 0 Å². The molecule has 1 heteroatoms. The summed E-state index contributed by atoms with van der Waals surface area (Å²) in [6.45, 7) is 6.93. The second kappa shape index (κ2) is 33.5. The minimum absolute atomic E-state index is 1.18. The highest BCUT2D eigenvalue weighted by molar-refractivity contribution is 5.22. The van der Waals surface area contributed by atoms with Crippen LogP contribution in [0.2, 0.25) is 0 Å². The Bertz CT molecular complexity index is 642. The van der Waals surface area contributed by atoms with Gasteiger partial charge in [0.1, 0.15) is 0 Å². The van der Waals surface area contributed by atoms with Crippen molar-refractivity contribution in [1.82, 2.24) is 4.98 Å². The Labute approximate surface area is 279 Å². The van der Waals surface area contributed by atoms with Crippen molar-refractivity contribution in [3.63, 3.8) is 0 Å². The minimum Gasteiger partial charge on any atom is -0.258 e. The van der Waals surface area contributed by atoms with Crippen molar-refractivity contribution in [2.75, 3.05) is 0 Å². The van der Waals surface area contributed by atoms with Crippen LogP contribution >= 0.6 is 0 Å². The van der Waals surface area contributed by atoms with Crippen LogP contribution in [-0.4, -0.2) is 4.98 Å². The van der Waals surface area contributed by atoms with Gasteiger partial charge in [-0.25, -0.2) is 0 Å². The number of hydrogen-bond acceptors (Lipinski definition) is 1. The maximum Gasteiger partial charge on any atom is 0.0409 e. The van der Waals surface area contributed by atoms with Crippen molar-refractivity contribution in [3.8, 4) is 0 Å². The van der Waals surface area contributed by atoms with Gasteiger partial charge >= 0.3 is 0 Å². The van der Waals surface area contributed by atoms with Crippen LogP contribution in [0.4, 0.5) is 0 Å². The average Bonchev–Trinajstić information content (AvgIpc) is 3.03. The van der Waals surface area contributed by atoms with E-state index in [4.69, 9.17) is 4.98 Å². The summed E-state index contributed by atoms with van der Waals surface area (Å²) in [5.74, 6) is 0. The highest BCUT2D eigenvalue weighted by Crippen LogP contribution is 2.18. The first-order valence-corrected chi connectivity index (χ1v) is 20.8. The third-order valence-electron chi connectivity index (χ3n) is 9.88. The van der Waals surface area contributed by atoms with E-state index in [1.165, 1.54) is 236 Å². The van der Waals surface area contributed by atoms with Gasteiger partial charge in [0.25, 0.3) is 0 Å². The molecule has 0 N–H and O–H groups in total. The molecule has 44 heavy (non-hydrogen) atoms. The predicted molar refractivity (Wildman–Crippen MR) is 200 cm³/mol. The van der Waals surface area contributed by atoms with Crippen molar-refractivity contribution in [3.05, 3.63) is 29.1 Å². The van der Waals surface area contributed by atoms with Crippen molar-refractivity contribution < 1.29 is 0 Å². The molecule has 0 aliphatic carbocycles. The molecule has 0 spiro atoms. The van der Waals surface area contributed by atoms with Crippen LogP contribution in [0.3, 0.4) is 0 Å². The average molecular weight is 612 g/mol. The van der Waals surface area contributed by atoms with Crippen molar-refractivity contribution >= 4 is 0 Å². The van der Waals surface area contributed by atoms with E-state index in [0.717, 1.165) is 0 Å². The lowest BCUT2D eigenvalue weighted by molar-refractivity contribution is 0.531. The van der Waals surface area contributed by atoms with E-state index in [-0.39, 0.29) is 0 Å². The highest BCUT2D eigenvalue weighted by atomic mass is 14.7. The molecule has 0 aromatic carbocycles. The van der Waals surface area contributed by atoms with E-state index in [1.807, 2.05) is 0 Å². The molecule has 0 amide bonds. The third kappa shape index (κ3) is 27.5. The van der Waals surface area contributed by atoms with Gasteiger partial charge in [0.2, 0.25) is 0 Å². The van der Waals surface area contributed by atoms with Crippen molar-refractivity contribution in [1.29, 1.82) is 0 Å². The summed E-state index contributed by atoms with van der Waals surface area (Å²) in [6.07, 6.45) is 49.2. The first-order valence-electron chi connectivity index (χ1n) is 20.8. The van der Waals surface area contributed by atoms with Gasteiger partial charge in [0.05, 0.1) is 0 Å². The fourth-order valence-electron chi connectivity index (χ4n) is 6.85. The SMILES string of the molecule is CCCCCCCCCCCCCCCCCc1cc(CCCC)cc(CCCCCCCCCCCCCCCCC)n1. The Morgan fingerprint density at radius 2 is 0.545 bits per heavy atom. The van der Waals surface area contributed by atoms with Gasteiger partial charge < -0.3 is 0 Å². The molecule has 0 fully saturated rings. The normalized spacial score (nSPS) is 11.5. The molecule has 1 nitrogen and oxygen atoms in total. The summed E-state index contributed by atoms with van der Waals surface area (Å²) in [5.41, 5.74) is 4.31. The van der Waals surface area contributed by atoms with Crippen LogP contribution in [0, 0.1) is 0 Å². The topological polar surface area (TPSA) is 12.9 Å². The molecule has 1 heterocycles. The van der Waals surface area contributed by atoms with Gasteiger partial charge in [0, 0.05) is 11.4 Å². The van der Waals surface area contributed by atoms with Crippen molar-refractivity contribution in [2.24, 2.45) is 0 Å². The van der Waals surface area contributed by atoms with Crippen LogP contribution in [0.15, 0.2) is 12.1 Å². The van der Waals surface area contributed by atoms with E-state index < -0.39 is 0 Å². The molecule has 0 saturated carbocycles. The lowest BCUT2D eigenvalue weighted by Gasteiger charge is -2.10. The zero-order valence-electron chi connectivity index (χ0n) is 30.9. The van der Waals surface area contributed by atoms with Gasteiger partial charge in [0.15, 0.2) is 0 Å². The number of aromatic nitrogens is 1. The number of aryl methyl sites for hydroxylation is 3. The summed E-state index contributed by atoms with van der Waals surface area (Å²) < 4.78 is 0. The molecule has 258 valence electrons. The highest BCUT2D eigenvalue weighted by Gasteiger charge is 2.05. The first kappa shape index (κ1) is 41.2. The monoisotopic (exact) mass is 612 g/mol. The minimum atomic E-state index is 1.18. The molecule has 0 unspecified atom stereocenters. The second-order valence-corrected chi connectivity index (χ2v) is 14.5. The molecule has 1 aromatic heterocycles. The van der Waals surface area contributed by atoms with Crippen molar-refractivity contribution in [2.45, 2.75) is 245 Å². The maximum atomic E-state index is 5.15. The number of unbranched alkanes of at least 4 members (excludes halogenated alkanes) is 29. The Hall–Kier alpha value is -0.850. The molecule has 1 rings (SSSR count). The standard InChI is InChI=1S/C43H81N/c1-4-7-10-12-14-16-18-20-22-24-26-28-30-32-34-37-42-39-41(36-9-6-3)40-43(44-42)38-35-33-31-29-27-25-23-21-19-17-15-13-11-8-5-2/h39-40H,4-38H2,1-3H3. The Kier molecular flexibility index (Phi) is 31.4. The number of pyridine rings is 1. The lowest BCUT2D eigenvalue weighted by atomic mass is 10.0. The van der Waals surface area contributed by atoms with E-state index in [1.54, 1.807) is 5.56 Å². The van der Waals surface area contributed by atoms with Gasteiger partial charge in [-0.05, 0) is 56.2 Å². The van der Waals surface area contributed by atoms with Crippen LogP contribution in [0.5, 0.6) is 0 Å².